The standard InChI is InChI=1S/C32H38N4O4/c1-39-28-11-10-26(21-29(28)40-2)30(37)34-27(25-8-4-3-5-9-25)12-17-35-18-13-32(14-19-35)15-20-36(31(32)38)23-24-7-6-16-33-22-24/h3-11,16,21-22,27H,12-15,17-20,23H2,1-2H3,(H,34,37). The molecule has 2 amide bonds. The second kappa shape index (κ2) is 12.5. The summed E-state index contributed by atoms with van der Waals surface area (Å²) in [6.45, 7) is 4.06. The lowest BCUT2D eigenvalue weighted by atomic mass is 9.77. The molecule has 8 heteroatoms. The van der Waals surface area contributed by atoms with Crippen LogP contribution in [0, 0.1) is 5.41 Å². The van der Waals surface area contributed by atoms with E-state index in [9.17, 15) is 9.59 Å². The zero-order valence-corrected chi connectivity index (χ0v) is 23.3. The van der Waals surface area contributed by atoms with E-state index in [1.165, 1.54) is 0 Å². The normalized spacial score (nSPS) is 17.6. The molecule has 1 aromatic heterocycles. The number of nitrogens with one attached hydrogen (secondary N) is 1. The predicted octanol–water partition coefficient (Wildman–Crippen LogP) is 4.47. The van der Waals surface area contributed by atoms with Crippen molar-refractivity contribution in [1.82, 2.24) is 20.1 Å². The topological polar surface area (TPSA) is 84.0 Å². The van der Waals surface area contributed by atoms with Gasteiger partial charge in [-0.3, -0.25) is 14.6 Å². The Balaban J connectivity index is 1.19. The van der Waals surface area contributed by atoms with E-state index in [2.05, 4.69) is 27.3 Å². The van der Waals surface area contributed by atoms with Gasteiger partial charge in [0.2, 0.25) is 5.91 Å². The molecule has 1 N–H and O–H groups in total. The molecule has 3 heterocycles. The van der Waals surface area contributed by atoms with Gasteiger partial charge in [0.1, 0.15) is 0 Å². The maximum Gasteiger partial charge on any atom is 0.251 e. The van der Waals surface area contributed by atoms with Gasteiger partial charge in [0.25, 0.3) is 5.91 Å². The van der Waals surface area contributed by atoms with Crippen LogP contribution < -0.4 is 14.8 Å². The number of carbonyl (C=O) groups excluding carboxylic acids is 2. The fraction of sp³-hybridized carbons (Fsp3) is 0.406. The Kier molecular flexibility index (Phi) is 8.65. The highest BCUT2D eigenvalue weighted by Crippen LogP contribution is 2.42. The molecule has 0 saturated carbocycles. The van der Waals surface area contributed by atoms with Gasteiger partial charge in [-0.15, -0.1) is 0 Å². The first-order chi connectivity index (χ1) is 19.5. The van der Waals surface area contributed by atoms with E-state index in [0.717, 1.165) is 63.0 Å². The molecule has 2 aliphatic rings. The second-order valence-corrected chi connectivity index (χ2v) is 10.8. The molecule has 210 valence electrons. The number of ether oxygens (including phenoxy) is 2. The van der Waals surface area contributed by atoms with Crippen LogP contribution in [0.5, 0.6) is 11.5 Å². The molecule has 8 nitrogen and oxygen atoms in total. The van der Waals surface area contributed by atoms with Crippen molar-refractivity contribution in [1.29, 1.82) is 0 Å². The highest BCUT2D eigenvalue weighted by molar-refractivity contribution is 5.95. The summed E-state index contributed by atoms with van der Waals surface area (Å²) in [5.41, 5.74) is 2.43. The van der Waals surface area contributed by atoms with Gasteiger partial charge < -0.3 is 24.6 Å². The van der Waals surface area contributed by atoms with Crippen molar-refractivity contribution in [2.45, 2.75) is 38.3 Å². The van der Waals surface area contributed by atoms with Crippen molar-refractivity contribution in [3.63, 3.8) is 0 Å². The number of rotatable bonds is 10. The molecule has 0 bridgehead atoms. The molecule has 5 rings (SSSR count). The second-order valence-electron chi connectivity index (χ2n) is 10.8. The van der Waals surface area contributed by atoms with Crippen molar-refractivity contribution in [3.8, 4) is 11.5 Å². The SMILES string of the molecule is COc1ccc(C(=O)NC(CCN2CCC3(CC2)CCN(Cc2cccnc2)C3=O)c2ccccc2)cc1OC. The molecule has 1 spiro atoms. The highest BCUT2D eigenvalue weighted by atomic mass is 16.5. The number of pyridine rings is 1. The molecular weight excluding hydrogens is 504 g/mol. The van der Waals surface area contributed by atoms with Crippen LogP contribution in [0.15, 0.2) is 73.1 Å². The van der Waals surface area contributed by atoms with Gasteiger partial charge in [-0.25, -0.2) is 0 Å². The van der Waals surface area contributed by atoms with E-state index in [0.29, 0.717) is 29.5 Å². The fourth-order valence-electron chi connectivity index (χ4n) is 5.96. The van der Waals surface area contributed by atoms with Crippen LogP contribution in [0.1, 0.15) is 53.2 Å². The Morgan fingerprint density at radius 1 is 0.975 bits per heavy atom. The quantitative estimate of drug-likeness (QED) is 0.407. The number of benzene rings is 2. The van der Waals surface area contributed by atoms with Gasteiger partial charge in [-0.1, -0.05) is 36.4 Å². The predicted molar refractivity (Wildman–Crippen MR) is 153 cm³/mol. The Morgan fingerprint density at radius 3 is 2.42 bits per heavy atom. The minimum atomic E-state index is -0.237. The van der Waals surface area contributed by atoms with Crippen molar-refractivity contribution in [2.24, 2.45) is 5.41 Å². The zero-order chi connectivity index (χ0) is 28.0. The number of nitrogens with zero attached hydrogens (tertiary/aromatic N) is 3. The Hall–Kier alpha value is -3.91. The molecule has 0 aliphatic carbocycles. The van der Waals surface area contributed by atoms with Gasteiger partial charge in [-0.05, 0) is 74.2 Å². The summed E-state index contributed by atoms with van der Waals surface area (Å²) in [4.78, 5) is 35.3. The summed E-state index contributed by atoms with van der Waals surface area (Å²) in [7, 11) is 3.14. The average Bonchev–Trinajstić information content (AvgIpc) is 3.30. The largest absolute Gasteiger partial charge is 0.493 e. The molecule has 2 saturated heterocycles. The number of hydrogen-bond donors (Lipinski definition) is 1. The third kappa shape index (κ3) is 6.12. The van der Waals surface area contributed by atoms with E-state index in [4.69, 9.17) is 9.47 Å². The van der Waals surface area contributed by atoms with Gasteiger partial charge in [0.05, 0.1) is 25.7 Å². The van der Waals surface area contributed by atoms with Crippen molar-refractivity contribution in [3.05, 3.63) is 89.7 Å². The molecule has 40 heavy (non-hydrogen) atoms. The minimum absolute atomic E-state index is 0.138. The summed E-state index contributed by atoms with van der Waals surface area (Å²) in [6, 6.07) is 19.1. The molecule has 2 fully saturated rings. The summed E-state index contributed by atoms with van der Waals surface area (Å²) in [6.07, 6.45) is 7.06. The van der Waals surface area contributed by atoms with E-state index in [1.54, 1.807) is 38.6 Å². The first-order valence-corrected chi connectivity index (χ1v) is 14.0. The Labute approximate surface area is 236 Å². The molecule has 1 atom stereocenters. The van der Waals surface area contributed by atoms with Crippen molar-refractivity contribution >= 4 is 11.8 Å². The minimum Gasteiger partial charge on any atom is -0.493 e. The average molecular weight is 543 g/mol. The van der Waals surface area contributed by atoms with Crippen molar-refractivity contribution < 1.29 is 19.1 Å². The van der Waals surface area contributed by atoms with Crippen LogP contribution in [0.4, 0.5) is 0 Å². The van der Waals surface area contributed by atoms with Gasteiger partial charge in [0, 0.05) is 37.6 Å². The molecule has 1 unspecified atom stereocenters. The number of aromatic nitrogens is 1. The molecule has 2 aliphatic heterocycles. The van der Waals surface area contributed by atoms with E-state index < -0.39 is 0 Å². The number of methoxy groups -OCH3 is 2. The lowest BCUT2D eigenvalue weighted by Crippen LogP contribution is -2.45. The molecule has 3 aromatic rings. The first-order valence-electron chi connectivity index (χ1n) is 14.0. The van der Waals surface area contributed by atoms with Gasteiger partial charge in [-0.2, -0.15) is 0 Å². The lowest BCUT2D eigenvalue weighted by Gasteiger charge is -2.38. The molecular formula is C32H38N4O4. The third-order valence-corrected chi connectivity index (χ3v) is 8.40. The Morgan fingerprint density at radius 2 is 1.73 bits per heavy atom. The lowest BCUT2D eigenvalue weighted by molar-refractivity contribution is -0.138. The first kappa shape index (κ1) is 27.6. The maximum atomic E-state index is 13.4. The van der Waals surface area contributed by atoms with Crippen LogP contribution in [0.2, 0.25) is 0 Å². The van der Waals surface area contributed by atoms with E-state index >= 15 is 0 Å². The summed E-state index contributed by atoms with van der Waals surface area (Å²) in [5.74, 6) is 1.24. The smallest absolute Gasteiger partial charge is 0.251 e. The fourth-order valence-corrected chi connectivity index (χ4v) is 5.96. The monoisotopic (exact) mass is 542 g/mol. The number of hydrogen-bond acceptors (Lipinski definition) is 6. The van der Waals surface area contributed by atoms with Crippen LogP contribution >= 0.6 is 0 Å². The summed E-state index contributed by atoms with van der Waals surface area (Å²) < 4.78 is 10.7. The zero-order valence-electron chi connectivity index (χ0n) is 23.3. The third-order valence-electron chi connectivity index (χ3n) is 8.40. The number of carbonyl (C=O) groups is 2. The van der Waals surface area contributed by atoms with Crippen LogP contribution in [-0.2, 0) is 11.3 Å². The molecule has 2 aromatic carbocycles. The van der Waals surface area contributed by atoms with Crippen LogP contribution in [-0.4, -0.2) is 67.0 Å². The Bertz CT molecular complexity index is 1290. The number of amides is 2. The maximum absolute atomic E-state index is 13.4. The summed E-state index contributed by atoms with van der Waals surface area (Å²) in [5, 5.41) is 3.23. The summed E-state index contributed by atoms with van der Waals surface area (Å²) >= 11 is 0. The van der Waals surface area contributed by atoms with Crippen LogP contribution in [0.3, 0.4) is 0 Å². The van der Waals surface area contributed by atoms with E-state index in [1.807, 2.05) is 41.4 Å². The highest BCUT2D eigenvalue weighted by Gasteiger charge is 2.47. The van der Waals surface area contributed by atoms with Gasteiger partial charge in [0.15, 0.2) is 11.5 Å². The van der Waals surface area contributed by atoms with Crippen LogP contribution in [0.25, 0.3) is 0 Å². The van der Waals surface area contributed by atoms with Crippen molar-refractivity contribution in [2.75, 3.05) is 40.4 Å². The number of likely N-dealkylation sites (tertiary alicyclic amines) is 2. The van der Waals surface area contributed by atoms with E-state index in [-0.39, 0.29) is 17.4 Å². The molecule has 0 radical (unpaired) electrons. The van der Waals surface area contributed by atoms with Gasteiger partial charge >= 0.3 is 0 Å². The number of piperidine rings is 1.